The molecule has 7 heteroatoms. The van der Waals surface area contributed by atoms with Crippen molar-refractivity contribution >= 4 is 11.9 Å². The van der Waals surface area contributed by atoms with Crippen LogP contribution in [0.15, 0.2) is 17.3 Å². The zero-order chi connectivity index (χ0) is 15.0. The molecule has 1 atom stereocenters. The third kappa shape index (κ3) is 4.91. The molecule has 0 aliphatic rings. The SMILES string of the molecule is CCNC(=NCc1ccnn1C)NCC(C)C(=O)OC. The molecular formula is C13H23N5O2. The van der Waals surface area contributed by atoms with Gasteiger partial charge in [0.25, 0.3) is 0 Å². The second-order valence-electron chi connectivity index (χ2n) is 4.45. The number of esters is 1. The lowest BCUT2D eigenvalue weighted by molar-refractivity contribution is -0.144. The van der Waals surface area contributed by atoms with Crippen LogP contribution in [0, 0.1) is 5.92 Å². The number of rotatable bonds is 6. The monoisotopic (exact) mass is 281 g/mol. The fourth-order valence-electron chi connectivity index (χ4n) is 1.59. The van der Waals surface area contributed by atoms with Gasteiger partial charge in [0.1, 0.15) is 0 Å². The van der Waals surface area contributed by atoms with Gasteiger partial charge in [-0.2, -0.15) is 5.10 Å². The highest BCUT2D eigenvalue weighted by atomic mass is 16.5. The minimum atomic E-state index is -0.236. The van der Waals surface area contributed by atoms with Gasteiger partial charge in [-0.1, -0.05) is 6.92 Å². The number of ether oxygens (including phenoxy) is 1. The van der Waals surface area contributed by atoms with Gasteiger partial charge in [0.15, 0.2) is 5.96 Å². The summed E-state index contributed by atoms with van der Waals surface area (Å²) in [6, 6.07) is 1.92. The second kappa shape index (κ2) is 8.19. The lowest BCUT2D eigenvalue weighted by atomic mass is 10.2. The van der Waals surface area contributed by atoms with E-state index in [9.17, 15) is 4.79 Å². The van der Waals surface area contributed by atoms with Crippen LogP contribution in [0.2, 0.25) is 0 Å². The highest BCUT2D eigenvalue weighted by molar-refractivity contribution is 5.80. The Labute approximate surface area is 119 Å². The first-order chi connectivity index (χ1) is 9.58. The smallest absolute Gasteiger partial charge is 0.310 e. The fraction of sp³-hybridized carbons (Fsp3) is 0.615. The number of guanidine groups is 1. The summed E-state index contributed by atoms with van der Waals surface area (Å²) >= 11 is 0. The van der Waals surface area contributed by atoms with E-state index < -0.39 is 0 Å². The molecule has 112 valence electrons. The number of aryl methyl sites for hydroxylation is 1. The van der Waals surface area contributed by atoms with Gasteiger partial charge in [-0.05, 0) is 13.0 Å². The third-order valence-electron chi connectivity index (χ3n) is 2.85. The van der Waals surface area contributed by atoms with E-state index in [-0.39, 0.29) is 11.9 Å². The first-order valence-electron chi connectivity index (χ1n) is 6.65. The number of carbonyl (C=O) groups excluding carboxylic acids is 1. The number of carbonyl (C=O) groups is 1. The lowest BCUT2D eigenvalue weighted by Crippen LogP contribution is -2.40. The third-order valence-corrected chi connectivity index (χ3v) is 2.85. The summed E-state index contributed by atoms with van der Waals surface area (Å²) in [5, 5.41) is 10.4. The highest BCUT2D eigenvalue weighted by Crippen LogP contribution is 1.99. The molecule has 2 N–H and O–H groups in total. The molecular weight excluding hydrogens is 258 g/mol. The summed E-state index contributed by atoms with van der Waals surface area (Å²) in [7, 11) is 3.27. The van der Waals surface area contributed by atoms with Gasteiger partial charge in [0, 0.05) is 26.3 Å². The van der Waals surface area contributed by atoms with Crippen molar-refractivity contribution < 1.29 is 9.53 Å². The number of nitrogens with one attached hydrogen (secondary N) is 2. The van der Waals surface area contributed by atoms with Crippen molar-refractivity contribution in [2.75, 3.05) is 20.2 Å². The van der Waals surface area contributed by atoms with Crippen LogP contribution in [0.4, 0.5) is 0 Å². The normalized spacial score (nSPS) is 12.9. The Hall–Kier alpha value is -2.05. The number of aliphatic imine (C=N–C) groups is 1. The summed E-state index contributed by atoms with van der Waals surface area (Å²) in [6.45, 7) is 5.56. The predicted octanol–water partition coefficient (Wildman–Crippen LogP) is 0.284. The Bertz CT molecular complexity index is 455. The van der Waals surface area contributed by atoms with Crippen molar-refractivity contribution in [2.45, 2.75) is 20.4 Å². The first kappa shape index (κ1) is 16.0. The Morgan fingerprint density at radius 3 is 2.85 bits per heavy atom. The Balaban J connectivity index is 2.55. The van der Waals surface area contributed by atoms with Crippen molar-refractivity contribution in [3.63, 3.8) is 0 Å². The van der Waals surface area contributed by atoms with Crippen molar-refractivity contribution in [2.24, 2.45) is 18.0 Å². The quantitative estimate of drug-likeness (QED) is 0.445. The van der Waals surface area contributed by atoms with Crippen LogP contribution in [0.5, 0.6) is 0 Å². The van der Waals surface area contributed by atoms with Gasteiger partial charge >= 0.3 is 5.97 Å². The summed E-state index contributed by atoms with van der Waals surface area (Å²) in [4.78, 5) is 15.8. The molecule has 0 aromatic carbocycles. The number of nitrogens with zero attached hydrogens (tertiary/aromatic N) is 3. The highest BCUT2D eigenvalue weighted by Gasteiger charge is 2.13. The molecule has 0 aliphatic heterocycles. The zero-order valence-electron chi connectivity index (χ0n) is 12.5. The van der Waals surface area contributed by atoms with Gasteiger partial charge in [0.2, 0.25) is 0 Å². The Morgan fingerprint density at radius 1 is 1.55 bits per heavy atom. The topological polar surface area (TPSA) is 80.5 Å². The average molecular weight is 281 g/mol. The largest absolute Gasteiger partial charge is 0.469 e. The van der Waals surface area contributed by atoms with Crippen LogP contribution in [-0.4, -0.2) is 41.9 Å². The van der Waals surface area contributed by atoms with Gasteiger partial charge in [-0.25, -0.2) is 4.99 Å². The minimum absolute atomic E-state index is 0.222. The van der Waals surface area contributed by atoms with Crippen LogP contribution in [0.25, 0.3) is 0 Å². The molecule has 0 bridgehead atoms. The van der Waals surface area contributed by atoms with Gasteiger partial charge in [0.05, 0.1) is 25.3 Å². The average Bonchev–Trinajstić information content (AvgIpc) is 2.86. The standard InChI is InChI=1S/C13H23N5O2/c1-5-14-13(15-8-10(2)12(19)20-4)16-9-11-6-7-17-18(11)3/h6-7,10H,5,8-9H2,1-4H3,(H2,14,15,16). The van der Waals surface area contributed by atoms with Crippen LogP contribution < -0.4 is 10.6 Å². The van der Waals surface area contributed by atoms with E-state index in [1.54, 1.807) is 10.9 Å². The van der Waals surface area contributed by atoms with E-state index in [1.165, 1.54) is 7.11 Å². The van der Waals surface area contributed by atoms with Crippen molar-refractivity contribution in [3.05, 3.63) is 18.0 Å². The minimum Gasteiger partial charge on any atom is -0.469 e. The number of aromatic nitrogens is 2. The van der Waals surface area contributed by atoms with Crippen molar-refractivity contribution in [1.29, 1.82) is 0 Å². The van der Waals surface area contributed by atoms with Crippen molar-refractivity contribution in [3.8, 4) is 0 Å². The molecule has 20 heavy (non-hydrogen) atoms. The molecule has 0 saturated carbocycles. The second-order valence-corrected chi connectivity index (χ2v) is 4.45. The molecule has 0 spiro atoms. The number of hydrogen-bond donors (Lipinski definition) is 2. The molecule has 1 aromatic heterocycles. The maximum absolute atomic E-state index is 11.3. The molecule has 1 rings (SSSR count). The maximum atomic E-state index is 11.3. The van der Waals surface area contributed by atoms with Crippen molar-refractivity contribution in [1.82, 2.24) is 20.4 Å². The van der Waals surface area contributed by atoms with Crippen LogP contribution in [0.1, 0.15) is 19.5 Å². The molecule has 0 aliphatic carbocycles. The Morgan fingerprint density at radius 2 is 2.30 bits per heavy atom. The summed E-state index contributed by atoms with van der Waals surface area (Å²) in [5.41, 5.74) is 1.02. The van der Waals surface area contributed by atoms with Crippen LogP contribution >= 0.6 is 0 Å². The lowest BCUT2D eigenvalue weighted by Gasteiger charge is -2.14. The maximum Gasteiger partial charge on any atom is 0.310 e. The van der Waals surface area contributed by atoms with Gasteiger partial charge < -0.3 is 15.4 Å². The number of methoxy groups -OCH3 is 1. The summed E-state index contributed by atoms with van der Waals surface area (Å²) in [5.74, 6) is 0.213. The van der Waals surface area contributed by atoms with E-state index in [0.717, 1.165) is 12.2 Å². The molecule has 0 amide bonds. The molecule has 1 heterocycles. The zero-order valence-corrected chi connectivity index (χ0v) is 12.5. The van der Waals surface area contributed by atoms with Gasteiger partial charge in [-0.15, -0.1) is 0 Å². The predicted molar refractivity (Wildman–Crippen MR) is 77.2 cm³/mol. The molecule has 1 unspecified atom stereocenters. The van der Waals surface area contributed by atoms with E-state index >= 15 is 0 Å². The summed E-state index contributed by atoms with van der Waals surface area (Å²) < 4.78 is 6.47. The van der Waals surface area contributed by atoms with Crippen LogP contribution in [-0.2, 0) is 23.1 Å². The molecule has 0 fully saturated rings. The fourth-order valence-corrected chi connectivity index (χ4v) is 1.59. The molecule has 7 nitrogen and oxygen atoms in total. The molecule has 0 radical (unpaired) electrons. The van der Waals surface area contributed by atoms with E-state index in [2.05, 4.69) is 25.5 Å². The van der Waals surface area contributed by atoms with E-state index in [1.807, 2.05) is 27.0 Å². The van der Waals surface area contributed by atoms with Gasteiger partial charge in [-0.3, -0.25) is 9.48 Å². The van der Waals surface area contributed by atoms with E-state index in [0.29, 0.717) is 19.0 Å². The number of hydrogen-bond acceptors (Lipinski definition) is 4. The molecule has 1 aromatic rings. The first-order valence-corrected chi connectivity index (χ1v) is 6.65. The molecule has 0 saturated heterocycles. The van der Waals surface area contributed by atoms with E-state index in [4.69, 9.17) is 0 Å². The summed E-state index contributed by atoms with van der Waals surface area (Å²) in [6.07, 6.45) is 1.74. The Kier molecular flexibility index (Phi) is 6.55. The van der Waals surface area contributed by atoms with Crippen LogP contribution in [0.3, 0.4) is 0 Å².